The van der Waals surface area contributed by atoms with E-state index in [0.29, 0.717) is 35.8 Å². The molecule has 140 valence electrons. The molecule has 2 amide bonds. The highest BCUT2D eigenvalue weighted by Gasteiger charge is 2.55. The van der Waals surface area contributed by atoms with Crippen molar-refractivity contribution >= 4 is 34.9 Å². The molecule has 0 radical (unpaired) electrons. The lowest BCUT2D eigenvalue weighted by molar-refractivity contribution is 0.00743. The van der Waals surface area contributed by atoms with Crippen LogP contribution in [0.5, 0.6) is 0 Å². The van der Waals surface area contributed by atoms with Gasteiger partial charge in [-0.15, -0.1) is 5.10 Å². The molecule has 3 heterocycles. The summed E-state index contributed by atoms with van der Waals surface area (Å²) in [5, 5.41) is 6.20. The second-order valence-corrected chi connectivity index (χ2v) is 7.91. The Bertz CT molecular complexity index is 1070. The average Bonchev–Trinajstić information content (AvgIpc) is 3.37. The zero-order valence-electron chi connectivity index (χ0n) is 14.7. The van der Waals surface area contributed by atoms with E-state index in [9.17, 15) is 9.59 Å². The highest BCUT2D eigenvalue weighted by molar-refractivity contribution is 7.03. The Balaban J connectivity index is 1.71. The molecule has 2 aliphatic rings. The first-order chi connectivity index (χ1) is 13.6. The SMILES string of the molecule is O=C(c1csnn1)N1CCN2C(=O)c3ccccc3CC12c1ccc(Cl)cc1. The maximum Gasteiger partial charge on any atom is 0.277 e. The minimum Gasteiger partial charge on any atom is -0.309 e. The maximum absolute atomic E-state index is 13.3. The molecule has 5 rings (SSSR count). The van der Waals surface area contributed by atoms with Crippen LogP contribution in [0.4, 0.5) is 0 Å². The molecule has 2 aromatic carbocycles. The van der Waals surface area contributed by atoms with Gasteiger partial charge in [-0.2, -0.15) is 0 Å². The minimum absolute atomic E-state index is 0.0662. The van der Waals surface area contributed by atoms with Gasteiger partial charge in [-0.25, -0.2) is 0 Å². The third kappa shape index (κ3) is 2.40. The van der Waals surface area contributed by atoms with E-state index in [0.717, 1.165) is 22.7 Å². The molecule has 2 aliphatic heterocycles. The minimum atomic E-state index is -0.906. The van der Waals surface area contributed by atoms with E-state index < -0.39 is 5.66 Å². The van der Waals surface area contributed by atoms with Crippen molar-refractivity contribution in [3.63, 3.8) is 0 Å². The lowest BCUT2D eigenvalue weighted by Crippen LogP contribution is -2.58. The molecule has 1 atom stereocenters. The first kappa shape index (κ1) is 17.3. The van der Waals surface area contributed by atoms with Crippen LogP contribution in [0.15, 0.2) is 53.9 Å². The van der Waals surface area contributed by atoms with E-state index in [-0.39, 0.29) is 11.8 Å². The summed E-state index contributed by atoms with van der Waals surface area (Å²) < 4.78 is 3.82. The number of amides is 2. The number of rotatable bonds is 2. The van der Waals surface area contributed by atoms with Gasteiger partial charge in [0.15, 0.2) is 5.69 Å². The predicted octanol–water partition coefficient (Wildman–Crippen LogP) is 3.20. The van der Waals surface area contributed by atoms with Crippen LogP contribution in [0.2, 0.25) is 5.02 Å². The number of aromatic nitrogens is 2. The number of halogens is 1. The summed E-state index contributed by atoms with van der Waals surface area (Å²) in [6.07, 6.45) is 0.514. The molecule has 8 heteroatoms. The lowest BCUT2D eigenvalue weighted by Gasteiger charge is -2.47. The van der Waals surface area contributed by atoms with Crippen LogP contribution in [0.1, 0.15) is 32.0 Å². The molecule has 0 saturated carbocycles. The molecule has 6 nitrogen and oxygen atoms in total. The molecule has 1 aromatic heterocycles. The molecule has 0 spiro atoms. The Kier molecular flexibility index (Phi) is 3.96. The summed E-state index contributed by atoms with van der Waals surface area (Å²) in [6, 6.07) is 14.9. The first-order valence-corrected chi connectivity index (χ1v) is 10.1. The average molecular weight is 411 g/mol. The summed E-state index contributed by atoms with van der Waals surface area (Å²) in [4.78, 5) is 30.2. The summed E-state index contributed by atoms with van der Waals surface area (Å²) in [5.41, 5.74) is 1.86. The zero-order chi connectivity index (χ0) is 19.3. The van der Waals surface area contributed by atoms with Gasteiger partial charge in [0.05, 0.1) is 0 Å². The van der Waals surface area contributed by atoms with E-state index in [4.69, 9.17) is 11.6 Å². The van der Waals surface area contributed by atoms with E-state index in [2.05, 4.69) is 9.59 Å². The molecule has 1 fully saturated rings. The number of carbonyl (C=O) groups is 2. The molecule has 28 heavy (non-hydrogen) atoms. The van der Waals surface area contributed by atoms with Gasteiger partial charge < -0.3 is 9.80 Å². The molecule has 0 N–H and O–H groups in total. The third-order valence-electron chi connectivity index (χ3n) is 5.50. The van der Waals surface area contributed by atoms with Crippen LogP contribution in [0.25, 0.3) is 0 Å². The third-order valence-corrected chi connectivity index (χ3v) is 6.26. The van der Waals surface area contributed by atoms with Crippen LogP contribution in [0, 0.1) is 0 Å². The van der Waals surface area contributed by atoms with E-state index in [1.54, 1.807) is 27.3 Å². The van der Waals surface area contributed by atoms with Crippen LogP contribution in [-0.4, -0.2) is 44.3 Å². The largest absolute Gasteiger partial charge is 0.309 e. The molecule has 3 aromatic rings. The molecule has 0 bridgehead atoms. The predicted molar refractivity (Wildman–Crippen MR) is 105 cm³/mol. The van der Waals surface area contributed by atoms with Crippen LogP contribution in [0.3, 0.4) is 0 Å². The first-order valence-electron chi connectivity index (χ1n) is 8.86. The maximum atomic E-state index is 13.3. The van der Waals surface area contributed by atoms with Crippen molar-refractivity contribution in [1.82, 2.24) is 19.4 Å². The van der Waals surface area contributed by atoms with Gasteiger partial charge in [-0.05, 0) is 40.9 Å². The molecule has 1 unspecified atom stereocenters. The van der Waals surface area contributed by atoms with Crippen molar-refractivity contribution < 1.29 is 9.59 Å². The highest BCUT2D eigenvalue weighted by atomic mass is 35.5. The fourth-order valence-corrected chi connectivity index (χ4v) is 4.82. The molecule has 0 aliphatic carbocycles. The van der Waals surface area contributed by atoms with Crippen molar-refractivity contribution in [2.24, 2.45) is 0 Å². The van der Waals surface area contributed by atoms with Gasteiger partial charge in [-0.1, -0.05) is 46.4 Å². The standard InChI is InChI=1S/C20H15ClN4O2S/c21-15-7-5-14(6-8-15)20-11-13-3-1-2-4-16(13)18(26)24(20)9-10-25(20)19(27)17-12-28-23-22-17/h1-8,12H,9-11H2. The number of benzene rings is 2. The summed E-state index contributed by atoms with van der Waals surface area (Å²) in [7, 11) is 0. The smallest absolute Gasteiger partial charge is 0.277 e. The molecule has 1 saturated heterocycles. The Morgan fingerprint density at radius 1 is 1.11 bits per heavy atom. The molecular weight excluding hydrogens is 396 g/mol. The van der Waals surface area contributed by atoms with Gasteiger partial charge in [-0.3, -0.25) is 9.59 Å². The normalized spacial score (nSPS) is 20.8. The van der Waals surface area contributed by atoms with Gasteiger partial charge in [0.1, 0.15) is 5.66 Å². The summed E-state index contributed by atoms with van der Waals surface area (Å²) >= 11 is 7.24. The van der Waals surface area contributed by atoms with Crippen molar-refractivity contribution in [1.29, 1.82) is 0 Å². The van der Waals surface area contributed by atoms with E-state index in [1.807, 2.05) is 36.4 Å². The van der Waals surface area contributed by atoms with Crippen LogP contribution in [-0.2, 0) is 12.1 Å². The topological polar surface area (TPSA) is 66.4 Å². The Hall–Kier alpha value is -2.77. The van der Waals surface area contributed by atoms with Gasteiger partial charge in [0, 0.05) is 35.5 Å². The second-order valence-electron chi connectivity index (χ2n) is 6.86. The number of carbonyl (C=O) groups excluding carboxylic acids is 2. The van der Waals surface area contributed by atoms with E-state index >= 15 is 0 Å². The number of fused-ring (bicyclic) bond motifs is 2. The summed E-state index contributed by atoms with van der Waals surface area (Å²) in [6.45, 7) is 0.887. The zero-order valence-corrected chi connectivity index (χ0v) is 16.3. The molecular formula is C20H15ClN4O2S. The van der Waals surface area contributed by atoms with Gasteiger partial charge in [0.2, 0.25) is 0 Å². The number of hydrogen-bond donors (Lipinski definition) is 0. The van der Waals surface area contributed by atoms with Gasteiger partial charge >= 0.3 is 0 Å². The fourth-order valence-electron chi connectivity index (χ4n) is 4.27. The fraction of sp³-hybridized carbons (Fsp3) is 0.200. The van der Waals surface area contributed by atoms with Crippen molar-refractivity contribution in [2.45, 2.75) is 12.1 Å². The number of hydrogen-bond acceptors (Lipinski definition) is 5. The Morgan fingerprint density at radius 3 is 2.64 bits per heavy atom. The Labute approximate surface area is 170 Å². The Morgan fingerprint density at radius 2 is 1.89 bits per heavy atom. The number of nitrogens with zero attached hydrogens (tertiary/aromatic N) is 4. The van der Waals surface area contributed by atoms with Crippen molar-refractivity contribution in [3.8, 4) is 0 Å². The lowest BCUT2D eigenvalue weighted by atomic mass is 9.83. The second kappa shape index (κ2) is 6.39. The van der Waals surface area contributed by atoms with Gasteiger partial charge in [0.25, 0.3) is 11.8 Å². The monoisotopic (exact) mass is 410 g/mol. The quantitative estimate of drug-likeness (QED) is 0.650. The van der Waals surface area contributed by atoms with E-state index in [1.165, 1.54) is 0 Å². The van der Waals surface area contributed by atoms with Crippen LogP contribution >= 0.6 is 23.1 Å². The summed E-state index contributed by atoms with van der Waals surface area (Å²) in [5.74, 6) is -0.290. The van der Waals surface area contributed by atoms with Crippen molar-refractivity contribution in [2.75, 3.05) is 13.1 Å². The van der Waals surface area contributed by atoms with Crippen molar-refractivity contribution in [3.05, 3.63) is 81.3 Å². The van der Waals surface area contributed by atoms with Crippen LogP contribution < -0.4 is 0 Å². The highest BCUT2D eigenvalue weighted by Crippen LogP contribution is 2.45.